The SMILES string of the molecule is CC1(C)O[C@H]2[C@@H](O1)[C@H](N)[C@@H](F)[C@@H]2OCCO. The standard InChI is InChI=1S/C10H18FNO4/c1-10(2)15-8-6(12)5(11)7(9(8)16-10)14-4-3-13/h5-9,13H,3-4,12H2,1-2H3/t5-,6-,7+,8+,9-/m1/s1. The number of halogens is 1. The van der Waals surface area contributed by atoms with Crippen molar-refractivity contribution in [3.8, 4) is 0 Å². The quantitative estimate of drug-likeness (QED) is 0.694. The van der Waals surface area contributed by atoms with Crippen LogP contribution < -0.4 is 5.73 Å². The Kier molecular flexibility index (Phi) is 3.20. The molecule has 0 aromatic heterocycles. The van der Waals surface area contributed by atoms with Crippen LogP contribution in [0.2, 0.25) is 0 Å². The van der Waals surface area contributed by atoms with Gasteiger partial charge in [-0.15, -0.1) is 0 Å². The smallest absolute Gasteiger partial charge is 0.163 e. The second kappa shape index (κ2) is 4.19. The highest BCUT2D eigenvalue weighted by Crippen LogP contribution is 2.40. The third-order valence-corrected chi connectivity index (χ3v) is 2.95. The van der Waals surface area contributed by atoms with Gasteiger partial charge in [-0.05, 0) is 13.8 Å². The highest BCUT2D eigenvalue weighted by Gasteiger charge is 2.58. The topological polar surface area (TPSA) is 73.9 Å². The molecule has 1 saturated carbocycles. The van der Waals surface area contributed by atoms with E-state index < -0.39 is 36.3 Å². The lowest BCUT2D eigenvalue weighted by Gasteiger charge is -2.24. The monoisotopic (exact) mass is 235 g/mol. The van der Waals surface area contributed by atoms with Gasteiger partial charge in [0.1, 0.15) is 24.5 Å². The van der Waals surface area contributed by atoms with Crippen molar-refractivity contribution in [2.24, 2.45) is 5.73 Å². The molecule has 0 bridgehead atoms. The zero-order valence-electron chi connectivity index (χ0n) is 9.43. The van der Waals surface area contributed by atoms with Gasteiger partial charge in [0.05, 0.1) is 19.3 Å². The number of aliphatic hydroxyl groups excluding tert-OH is 1. The van der Waals surface area contributed by atoms with E-state index in [1.807, 2.05) is 0 Å². The van der Waals surface area contributed by atoms with Crippen molar-refractivity contribution in [3.63, 3.8) is 0 Å². The molecule has 0 aromatic carbocycles. The molecular weight excluding hydrogens is 217 g/mol. The normalized spacial score (nSPS) is 45.9. The van der Waals surface area contributed by atoms with Crippen LogP contribution in [0.4, 0.5) is 4.39 Å². The second-order valence-corrected chi connectivity index (χ2v) is 4.65. The average molecular weight is 235 g/mol. The predicted octanol–water partition coefficient (Wildman–Crippen LogP) is -0.437. The van der Waals surface area contributed by atoms with Crippen LogP contribution in [-0.2, 0) is 14.2 Å². The molecule has 0 radical (unpaired) electrons. The Balaban J connectivity index is 2.08. The summed E-state index contributed by atoms with van der Waals surface area (Å²) in [6.45, 7) is 3.44. The van der Waals surface area contributed by atoms with Crippen LogP contribution in [0.1, 0.15) is 13.8 Å². The number of alkyl halides is 1. The molecule has 3 N–H and O–H groups in total. The molecule has 6 heteroatoms. The van der Waals surface area contributed by atoms with Gasteiger partial charge in [-0.1, -0.05) is 0 Å². The first-order valence-corrected chi connectivity index (χ1v) is 5.44. The van der Waals surface area contributed by atoms with Crippen molar-refractivity contribution in [2.45, 2.75) is 50.2 Å². The third-order valence-electron chi connectivity index (χ3n) is 2.95. The highest BCUT2D eigenvalue weighted by atomic mass is 19.1. The maximum absolute atomic E-state index is 13.8. The summed E-state index contributed by atoms with van der Waals surface area (Å²) in [4.78, 5) is 0. The van der Waals surface area contributed by atoms with Gasteiger partial charge in [0.25, 0.3) is 0 Å². The van der Waals surface area contributed by atoms with E-state index >= 15 is 0 Å². The number of fused-ring (bicyclic) bond motifs is 1. The number of aliphatic hydroxyl groups is 1. The zero-order chi connectivity index (χ0) is 11.9. The summed E-state index contributed by atoms with van der Waals surface area (Å²) in [6.07, 6.45) is -3.05. The molecule has 1 heterocycles. The molecule has 2 fully saturated rings. The largest absolute Gasteiger partial charge is 0.394 e. The Morgan fingerprint density at radius 2 is 2.00 bits per heavy atom. The summed E-state index contributed by atoms with van der Waals surface area (Å²) in [5.74, 6) is -0.756. The number of hydrogen-bond acceptors (Lipinski definition) is 5. The van der Waals surface area contributed by atoms with E-state index in [0.29, 0.717) is 0 Å². The molecule has 2 rings (SSSR count). The molecule has 0 spiro atoms. The molecule has 0 unspecified atom stereocenters. The molecule has 1 saturated heterocycles. The van der Waals surface area contributed by atoms with Crippen molar-refractivity contribution in [2.75, 3.05) is 13.2 Å². The number of nitrogens with two attached hydrogens (primary N) is 1. The lowest BCUT2D eigenvalue weighted by Crippen LogP contribution is -2.41. The number of ether oxygens (including phenoxy) is 3. The Bertz CT molecular complexity index is 263. The minimum atomic E-state index is -1.32. The molecular formula is C10H18FNO4. The molecule has 2 aliphatic rings. The first-order valence-electron chi connectivity index (χ1n) is 5.44. The van der Waals surface area contributed by atoms with Gasteiger partial charge in [0.2, 0.25) is 0 Å². The summed E-state index contributed by atoms with van der Waals surface area (Å²) >= 11 is 0. The van der Waals surface area contributed by atoms with E-state index in [1.165, 1.54) is 0 Å². The van der Waals surface area contributed by atoms with Gasteiger partial charge in [-0.25, -0.2) is 4.39 Å². The van der Waals surface area contributed by atoms with Crippen LogP contribution in [-0.4, -0.2) is 54.6 Å². The van der Waals surface area contributed by atoms with E-state index in [9.17, 15) is 4.39 Å². The third kappa shape index (κ3) is 1.96. The van der Waals surface area contributed by atoms with Crippen molar-refractivity contribution >= 4 is 0 Å². The first kappa shape index (κ1) is 12.2. The highest BCUT2D eigenvalue weighted by molar-refractivity contribution is 5.07. The zero-order valence-corrected chi connectivity index (χ0v) is 9.43. The Labute approximate surface area is 93.7 Å². The van der Waals surface area contributed by atoms with Crippen molar-refractivity contribution in [1.29, 1.82) is 0 Å². The molecule has 5 atom stereocenters. The van der Waals surface area contributed by atoms with E-state index in [1.54, 1.807) is 13.8 Å². The summed E-state index contributed by atoms with van der Waals surface area (Å²) in [5, 5.41) is 8.67. The van der Waals surface area contributed by atoms with Crippen LogP contribution >= 0.6 is 0 Å². The van der Waals surface area contributed by atoms with Crippen LogP contribution in [0.25, 0.3) is 0 Å². The van der Waals surface area contributed by atoms with Crippen molar-refractivity contribution in [1.82, 2.24) is 0 Å². The van der Waals surface area contributed by atoms with Gasteiger partial charge in [0, 0.05) is 0 Å². The van der Waals surface area contributed by atoms with E-state index in [2.05, 4.69) is 0 Å². The Hall–Kier alpha value is -0.270. The maximum atomic E-state index is 13.8. The number of rotatable bonds is 3. The minimum absolute atomic E-state index is 0.0742. The molecule has 0 amide bonds. The van der Waals surface area contributed by atoms with Gasteiger partial charge in [-0.3, -0.25) is 0 Å². The lowest BCUT2D eigenvalue weighted by molar-refractivity contribution is -0.176. The van der Waals surface area contributed by atoms with Crippen LogP contribution in [0, 0.1) is 0 Å². The second-order valence-electron chi connectivity index (χ2n) is 4.65. The lowest BCUT2D eigenvalue weighted by atomic mass is 10.2. The average Bonchev–Trinajstić information content (AvgIpc) is 2.62. The fourth-order valence-corrected chi connectivity index (χ4v) is 2.33. The van der Waals surface area contributed by atoms with E-state index in [0.717, 1.165) is 0 Å². The summed E-state index contributed by atoms with van der Waals surface area (Å²) in [6, 6.07) is -0.740. The van der Waals surface area contributed by atoms with Crippen LogP contribution in [0.3, 0.4) is 0 Å². The molecule has 1 aliphatic carbocycles. The summed E-state index contributed by atoms with van der Waals surface area (Å²) in [5.41, 5.74) is 5.72. The molecule has 0 aromatic rings. The molecule has 16 heavy (non-hydrogen) atoms. The van der Waals surface area contributed by atoms with E-state index in [-0.39, 0.29) is 13.2 Å². The first-order chi connectivity index (χ1) is 7.46. The fraction of sp³-hybridized carbons (Fsp3) is 1.00. The Morgan fingerprint density at radius 1 is 1.38 bits per heavy atom. The summed E-state index contributed by atoms with van der Waals surface area (Å²) < 4.78 is 30.1. The van der Waals surface area contributed by atoms with Gasteiger partial charge < -0.3 is 25.1 Å². The predicted molar refractivity (Wildman–Crippen MR) is 53.5 cm³/mol. The van der Waals surface area contributed by atoms with Gasteiger partial charge in [0.15, 0.2) is 5.79 Å². The van der Waals surface area contributed by atoms with Crippen LogP contribution in [0.5, 0.6) is 0 Å². The molecule has 5 nitrogen and oxygen atoms in total. The van der Waals surface area contributed by atoms with Crippen molar-refractivity contribution in [3.05, 3.63) is 0 Å². The number of hydrogen-bond donors (Lipinski definition) is 2. The summed E-state index contributed by atoms with van der Waals surface area (Å²) in [7, 11) is 0. The van der Waals surface area contributed by atoms with E-state index in [4.69, 9.17) is 25.1 Å². The van der Waals surface area contributed by atoms with Crippen molar-refractivity contribution < 1.29 is 23.7 Å². The van der Waals surface area contributed by atoms with Gasteiger partial charge >= 0.3 is 0 Å². The van der Waals surface area contributed by atoms with Gasteiger partial charge in [-0.2, -0.15) is 0 Å². The van der Waals surface area contributed by atoms with Crippen LogP contribution in [0.15, 0.2) is 0 Å². The minimum Gasteiger partial charge on any atom is -0.394 e. The fourth-order valence-electron chi connectivity index (χ4n) is 2.33. The Morgan fingerprint density at radius 3 is 2.62 bits per heavy atom. The maximum Gasteiger partial charge on any atom is 0.163 e. The molecule has 1 aliphatic heterocycles. The molecule has 94 valence electrons.